The minimum absolute atomic E-state index is 0.236. The fraction of sp³-hybridized carbons (Fsp3) is 0.381. The summed E-state index contributed by atoms with van der Waals surface area (Å²) in [6.45, 7) is 3.34. The molecule has 2 aromatic heterocycles. The van der Waals surface area contributed by atoms with Crippen molar-refractivity contribution < 1.29 is 14.3 Å². The van der Waals surface area contributed by atoms with Crippen LogP contribution in [0.3, 0.4) is 0 Å². The van der Waals surface area contributed by atoms with Gasteiger partial charge in [0.1, 0.15) is 18.6 Å². The first kappa shape index (κ1) is 19.8. The van der Waals surface area contributed by atoms with Gasteiger partial charge in [0.25, 0.3) is 5.56 Å². The fourth-order valence-corrected chi connectivity index (χ4v) is 3.42. The molecule has 0 spiro atoms. The van der Waals surface area contributed by atoms with Crippen molar-refractivity contribution in [2.24, 2.45) is 0 Å². The number of carbonyl (C=O) groups is 2. The van der Waals surface area contributed by atoms with Gasteiger partial charge >= 0.3 is 5.97 Å². The second-order valence-electron chi connectivity index (χ2n) is 7.31. The zero-order chi connectivity index (χ0) is 21.3. The number of aromatic nitrogens is 4. The van der Waals surface area contributed by atoms with E-state index in [0.717, 1.165) is 34.5 Å². The molecule has 1 aliphatic rings. The summed E-state index contributed by atoms with van der Waals surface area (Å²) in [5, 5.41) is 12.1. The molecule has 4 rings (SSSR count). The summed E-state index contributed by atoms with van der Waals surface area (Å²) in [7, 11) is 0. The summed E-state index contributed by atoms with van der Waals surface area (Å²) in [5.41, 5.74) is 2.56. The molecule has 1 aromatic carbocycles. The van der Waals surface area contributed by atoms with Crippen molar-refractivity contribution in [1.29, 1.82) is 0 Å². The first-order valence-electron chi connectivity index (χ1n) is 9.96. The number of aryl methyl sites for hydroxylation is 1. The maximum Gasteiger partial charge on any atom is 0.325 e. The smallest absolute Gasteiger partial charge is 0.325 e. The molecular weight excluding hydrogens is 386 g/mol. The number of esters is 1. The van der Waals surface area contributed by atoms with Crippen LogP contribution in [-0.2, 0) is 20.9 Å². The van der Waals surface area contributed by atoms with Gasteiger partial charge in [0.2, 0.25) is 5.91 Å². The van der Waals surface area contributed by atoms with Crippen molar-refractivity contribution in [1.82, 2.24) is 24.9 Å². The number of amides is 1. The fourth-order valence-electron chi connectivity index (χ4n) is 3.42. The lowest BCUT2D eigenvalue weighted by molar-refractivity contribution is -0.143. The van der Waals surface area contributed by atoms with Crippen molar-refractivity contribution in [2.45, 2.75) is 39.2 Å². The lowest BCUT2D eigenvalue weighted by atomic mass is 10.2. The minimum Gasteiger partial charge on any atom is -0.465 e. The molecule has 30 heavy (non-hydrogen) atoms. The Morgan fingerprint density at radius 1 is 1.27 bits per heavy atom. The predicted octanol–water partition coefficient (Wildman–Crippen LogP) is 1.45. The zero-order valence-corrected chi connectivity index (χ0v) is 16.9. The summed E-state index contributed by atoms with van der Waals surface area (Å²) in [5.74, 6) is -0.755. The third-order valence-electron chi connectivity index (χ3n) is 5.05. The second kappa shape index (κ2) is 8.10. The Morgan fingerprint density at radius 3 is 2.73 bits per heavy atom. The number of benzene rings is 1. The van der Waals surface area contributed by atoms with E-state index < -0.39 is 17.4 Å². The zero-order valence-electron chi connectivity index (χ0n) is 16.9. The van der Waals surface area contributed by atoms with Crippen molar-refractivity contribution in [2.75, 3.05) is 13.2 Å². The lowest BCUT2D eigenvalue weighted by Gasteiger charge is -2.11. The Balaban J connectivity index is 1.72. The van der Waals surface area contributed by atoms with Gasteiger partial charge in [-0.25, -0.2) is 9.36 Å². The number of rotatable bonds is 7. The molecule has 0 aliphatic heterocycles. The Morgan fingerprint density at radius 2 is 2.03 bits per heavy atom. The molecule has 1 amide bonds. The van der Waals surface area contributed by atoms with Crippen LogP contribution < -0.4 is 10.9 Å². The van der Waals surface area contributed by atoms with Crippen LogP contribution in [0.4, 0.5) is 0 Å². The van der Waals surface area contributed by atoms with Crippen LogP contribution in [-0.4, -0.2) is 44.6 Å². The van der Waals surface area contributed by atoms with Gasteiger partial charge in [-0.15, -0.1) is 0 Å². The minimum atomic E-state index is -0.530. The molecule has 1 aliphatic carbocycles. The quantitative estimate of drug-likeness (QED) is 0.592. The number of hydrogen-bond donors (Lipinski definition) is 1. The van der Waals surface area contributed by atoms with Gasteiger partial charge in [-0.05, 0) is 38.3 Å². The van der Waals surface area contributed by atoms with Gasteiger partial charge in [-0.1, -0.05) is 18.2 Å². The summed E-state index contributed by atoms with van der Waals surface area (Å²) in [4.78, 5) is 37.0. The molecule has 0 unspecified atom stereocenters. The summed E-state index contributed by atoms with van der Waals surface area (Å²) in [6, 6.07) is 7.66. The number of carbonyl (C=O) groups excluding carboxylic acids is 2. The van der Waals surface area contributed by atoms with Crippen molar-refractivity contribution in [3.8, 4) is 5.69 Å². The summed E-state index contributed by atoms with van der Waals surface area (Å²) in [6.07, 6.45) is 3.66. The number of para-hydroxylation sites is 1. The molecule has 1 N–H and O–H groups in total. The molecule has 1 saturated carbocycles. The maximum absolute atomic E-state index is 13.2. The van der Waals surface area contributed by atoms with E-state index in [0.29, 0.717) is 10.9 Å². The highest BCUT2D eigenvalue weighted by Gasteiger charge is 2.30. The number of fused-ring (bicyclic) bond motifs is 1. The molecule has 156 valence electrons. The second-order valence-corrected chi connectivity index (χ2v) is 7.31. The molecule has 9 heteroatoms. The number of hydrogen-bond acceptors (Lipinski definition) is 6. The van der Waals surface area contributed by atoms with Gasteiger partial charge in [0.05, 0.1) is 24.2 Å². The van der Waals surface area contributed by atoms with E-state index in [9.17, 15) is 14.4 Å². The van der Waals surface area contributed by atoms with Crippen LogP contribution >= 0.6 is 0 Å². The van der Waals surface area contributed by atoms with Crippen molar-refractivity contribution in [3.63, 3.8) is 0 Å². The first-order valence-corrected chi connectivity index (χ1v) is 9.96. The van der Waals surface area contributed by atoms with E-state index in [1.165, 1.54) is 0 Å². The Bertz CT molecular complexity index is 1180. The van der Waals surface area contributed by atoms with E-state index in [4.69, 9.17) is 4.74 Å². The van der Waals surface area contributed by atoms with Crippen LogP contribution in [0.1, 0.15) is 36.9 Å². The average molecular weight is 409 g/mol. The van der Waals surface area contributed by atoms with Gasteiger partial charge in [-0.2, -0.15) is 10.2 Å². The van der Waals surface area contributed by atoms with E-state index in [1.807, 2.05) is 31.2 Å². The van der Waals surface area contributed by atoms with Gasteiger partial charge in [-0.3, -0.25) is 14.4 Å². The topological polar surface area (TPSA) is 108 Å². The van der Waals surface area contributed by atoms with E-state index in [1.54, 1.807) is 17.8 Å². The Labute approximate surface area is 172 Å². The number of ether oxygens (including phenoxy) is 1. The van der Waals surface area contributed by atoms with Gasteiger partial charge < -0.3 is 10.1 Å². The standard InChI is InChI=1S/C21H23N5O4/c1-3-30-18(28)11-22-17(27)12-25-21(29)20-15(19(24-25)14-8-9-14)10-23-26(20)16-7-5-4-6-13(16)2/h4-7,10,14H,3,8-9,11-12H2,1-2H3,(H,22,27). The number of nitrogens with one attached hydrogen (secondary N) is 1. The Hall–Kier alpha value is -3.49. The van der Waals surface area contributed by atoms with Crippen LogP contribution in [0, 0.1) is 6.92 Å². The molecule has 0 radical (unpaired) electrons. The lowest BCUT2D eigenvalue weighted by Crippen LogP contribution is -2.37. The van der Waals surface area contributed by atoms with E-state index in [2.05, 4.69) is 15.5 Å². The Kier molecular flexibility index (Phi) is 5.35. The average Bonchev–Trinajstić information content (AvgIpc) is 3.47. The third kappa shape index (κ3) is 3.83. The van der Waals surface area contributed by atoms with Gasteiger partial charge in [0, 0.05) is 11.3 Å². The van der Waals surface area contributed by atoms with Crippen molar-refractivity contribution in [3.05, 3.63) is 52.1 Å². The SMILES string of the molecule is CCOC(=O)CNC(=O)Cn1nc(C2CC2)c2cnn(-c3ccccc3C)c2c1=O. The summed E-state index contributed by atoms with van der Waals surface area (Å²) >= 11 is 0. The highest BCUT2D eigenvalue weighted by molar-refractivity contribution is 5.84. The molecule has 9 nitrogen and oxygen atoms in total. The molecule has 3 aromatic rings. The first-order chi connectivity index (χ1) is 14.5. The van der Waals surface area contributed by atoms with Crippen LogP contribution in [0.25, 0.3) is 16.6 Å². The van der Waals surface area contributed by atoms with Crippen LogP contribution in [0.2, 0.25) is 0 Å². The van der Waals surface area contributed by atoms with Crippen molar-refractivity contribution >= 4 is 22.8 Å². The molecule has 0 bridgehead atoms. The molecule has 2 heterocycles. The van der Waals surface area contributed by atoms with E-state index in [-0.39, 0.29) is 25.6 Å². The van der Waals surface area contributed by atoms with E-state index >= 15 is 0 Å². The van der Waals surface area contributed by atoms with Crippen LogP contribution in [0.15, 0.2) is 35.3 Å². The normalized spacial score (nSPS) is 13.4. The maximum atomic E-state index is 13.2. The number of nitrogens with zero attached hydrogens (tertiary/aromatic N) is 4. The predicted molar refractivity (Wildman–Crippen MR) is 109 cm³/mol. The third-order valence-corrected chi connectivity index (χ3v) is 5.05. The molecule has 0 atom stereocenters. The van der Waals surface area contributed by atoms with Gasteiger partial charge in [0.15, 0.2) is 0 Å². The monoisotopic (exact) mass is 409 g/mol. The van der Waals surface area contributed by atoms with Crippen LogP contribution in [0.5, 0.6) is 0 Å². The molecule has 0 saturated heterocycles. The molecule has 1 fully saturated rings. The highest BCUT2D eigenvalue weighted by atomic mass is 16.5. The molecular formula is C21H23N5O4. The highest BCUT2D eigenvalue weighted by Crippen LogP contribution is 2.41. The summed E-state index contributed by atoms with van der Waals surface area (Å²) < 4.78 is 7.58. The largest absolute Gasteiger partial charge is 0.465 e.